The molecule has 0 unspecified atom stereocenters. The van der Waals surface area contributed by atoms with Crippen LogP contribution in [0.4, 0.5) is 5.82 Å². The maximum atomic E-state index is 4.61. The maximum absolute atomic E-state index is 4.61. The van der Waals surface area contributed by atoms with Crippen molar-refractivity contribution < 1.29 is 0 Å². The van der Waals surface area contributed by atoms with Gasteiger partial charge in [0, 0.05) is 38.2 Å². The number of likely N-dealkylation sites (N-methyl/N-ethyl adjacent to an activating group) is 1. The summed E-state index contributed by atoms with van der Waals surface area (Å²) in [5.74, 6) is 1.14. The SMILES string of the molecule is CN1CCc2ncnc(N3CCc4ccccc4C3)c2C1. The molecule has 2 aliphatic rings. The monoisotopic (exact) mass is 280 g/mol. The van der Waals surface area contributed by atoms with E-state index >= 15 is 0 Å². The molecule has 3 heterocycles. The third kappa shape index (κ3) is 2.29. The molecular weight excluding hydrogens is 260 g/mol. The van der Waals surface area contributed by atoms with Crippen molar-refractivity contribution in [2.45, 2.75) is 25.9 Å². The normalized spacial score (nSPS) is 18.2. The summed E-state index contributed by atoms with van der Waals surface area (Å²) in [5, 5.41) is 0. The summed E-state index contributed by atoms with van der Waals surface area (Å²) in [6.07, 6.45) is 3.87. The van der Waals surface area contributed by atoms with Crippen LogP contribution in [0.1, 0.15) is 22.4 Å². The van der Waals surface area contributed by atoms with Crippen LogP contribution in [0.25, 0.3) is 0 Å². The van der Waals surface area contributed by atoms with Crippen molar-refractivity contribution in [2.24, 2.45) is 0 Å². The molecule has 2 aliphatic heterocycles. The third-order valence-corrected chi connectivity index (χ3v) is 4.60. The summed E-state index contributed by atoms with van der Waals surface area (Å²) in [7, 11) is 2.17. The Balaban J connectivity index is 1.69. The highest BCUT2D eigenvalue weighted by atomic mass is 15.2. The van der Waals surface area contributed by atoms with Crippen LogP contribution in [0.3, 0.4) is 0 Å². The fourth-order valence-corrected chi connectivity index (χ4v) is 3.41. The number of rotatable bonds is 1. The molecule has 0 saturated heterocycles. The van der Waals surface area contributed by atoms with Crippen LogP contribution < -0.4 is 4.90 Å². The molecule has 1 aromatic carbocycles. The van der Waals surface area contributed by atoms with Crippen molar-refractivity contribution in [3.8, 4) is 0 Å². The van der Waals surface area contributed by atoms with E-state index in [1.165, 1.54) is 22.4 Å². The van der Waals surface area contributed by atoms with Gasteiger partial charge in [0.25, 0.3) is 0 Å². The maximum Gasteiger partial charge on any atom is 0.137 e. The molecule has 21 heavy (non-hydrogen) atoms. The minimum atomic E-state index is 0.962. The van der Waals surface area contributed by atoms with Gasteiger partial charge in [-0.2, -0.15) is 0 Å². The summed E-state index contributed by atoms with van der Waals surface area (Å²) in [6, 6.07) is 8.75. The van der Waals surface area contributed by atoms with Gasteiger partial charge in [-0.05, 0) is 24.6 Å². The Morgan fingerprint density at radius 3 is 2.71 bits per heavy atom. The second kappa shape index (κ2) is 5.11. The van der Waals surface area contributed by atoms with Gasteiger partial charge in [-0.1, -0.05) is 24.3 Å². The van der Waals surface area contributed by atoms with Crippen LogP contribution in [0.2, 0.25) is 0 Å². The Kier molecular flexibility index (Phi) is 3.11. The van der Waals surface area contributed by atoms with Crippen molar-refractivity contribution in [3.05, 3.63) is 53.0 Å². The van der Waals surface area contributed by atoms with Gasteiger partial charge < -0.3 is 9.80 Å². The highest BCUT2D eigenvalue weighted by Crippen LogP contribution is 2.29. The average Bonchev–Trinajstić information content (AvgIpc) is 2.54. The van der Waals surface area contributed by atoms with Crippen LogP contribution in [-0.2, 0) is 25.9 Å². The highest BCUT2D eigenvalue weighted by molar-refractivity contribution is 5.51. The summed E-state index contributed by atoms with van der Waals surface area (Å²) in [6.45, 7) is 4.06. The van der Waals surface area contributed by atoms with E-state index in [2.05, 4.69) is 51.1 Å². The predicted octanol–water partition coefficient (Wildman–Crippen LogP) is 2.03. The number of hydrogen-bond donors (Lipinski definition) is 0. The second-order valence-electron chi connectivity index (χ2n) is 6.05. The molecule has 4 heteroatoms. The number of hydrogen-bond acceptors (Lipinski definition) is 4. The number of nitrogens with zero attached hydrogens (tertiary/aromatic N) is 4. The minimum absolute atomic E-state index is 0.962. The highest BCUT2D eigenvalue weighted by Gasteiger charge is 2.24. The predicted molar refractivity (Wildman–Crippen MR) is 83.3 cm³/mol. The van der Waals surface area contributed by atoms with Gasteiger partial charge in [0.1, 0.15) is 12.1 Å². The molecule has 0 amide bonds. The van der Waals surface area contributed by atoms with Crippen molar-refractivity contribution in [2.75, 3.05) is 25.0 Å². The number of anilines is 1. The lowest BCUT2D eigenvalue weighted by atomic mass is 9.99. The van der Waals surface area contributed by atoms with Gasteiger partial charge in [0.05, 0.1) is 5.69 Å². The third-order valence-electron chi connectivity index (χ3n) is 4.60. The molecule has 2 aromatic rings. The Hall–Kier alpha value is -1.94. The quantitative estimate of drug-likeness (QED) is 0.800. The van der Waals surface area contributed by atoms with Gasteiger partial charge in [0.15, 0.2) is 0 Å². The van der Waals surface area contributed by atoms with Gasteiger partial charge in [0.2, 0.25) is 0 Å². The van der Waals surface area contributed by atoms with E-state index in [4.69, 9.17) is 0 Å². The molecule has 0 aliphatic carbocycles. The Labute approximate surface area is 125 Å². The van der Waals surface area contributed by atoms with Gasteiger partial charge in [-0.3, -0.25) is 0 Å². The first kappa shape index (κ1) is 12.8. The molecule has 4 rings (SSSR count). The van der Waals surface area contributed by atoms with Gasteiger partial charge in [-0.25, -0.2) is 9.97 Å². The second-order valence-corrected chi connectivity index (χ2v) is 6.05. The first-order chi connectivity index (χ1) is 10.3. The van der Waals surface area contributed by atoms with Crippen molar-refractivity contribution >= 4 is 5.82 Å². The van der Waals surface area contributed by atoms with Crippen LogP contribution in [-0.4, -0.2) is 35.0 Å². The van der Waals surface area contributed by atoms with E-state index < -0.39 is 0 Å². The van der Waals surface area contributed by atoms with Gasteiger partial charge in [-0.15, -0.1) is 0 Å². The number of aromatic nitrogens is 2. The van der Waals surface area contributed by atoms with E-state index in [1.54, 1.807) is 6.33 Å². The average molecular weight is 280 g/mol. The van der Waals surface area contributed by atoms with Crippen molar-refractivity contribution in [1.82, 2.24) is 14.9 Å². The molecule has 0 saturated carbocycles. The topological polar surface area (TPSA) is 32.3 Å². The van der Waals surface area contributed by atoms with Crippen LogP contribution >= 0.6 is 0 Å². The molecule has 0 bridgehead atoms. The van der Waals surface area contributed by atoms with E-state index in [9.17, 15) is 0 Å². The van der Waals surface area contributed by atoms with Crippen LogP contribution in [0, 0.1) is 0 Å². The molecular formula is C17H20N4. The summed E-state index contributed by atoms with van der Waals surface area (Å²) < 4.78 is 0. The summed E-state index contributed by atoms with van der Waals surface area (Å²) in [5.41, 5.74) is 5.47. The zero-order valence-electron chi connectivity index (χ0n) is 12.4. The molecule has 0 atom stereocenters. The fraction of sp³-hybridized carbons (Fsp3) is 0.412. The summed E-state index contributed by atoms with van der Waals surface area (Å²) >= 11 is 0. The molecule has 0 N–H and O–H groups in total. The lowest BCUT2D eigenvalue weighted by Crippen LogP contribution is -2.35. The van der Waals surface area contributed by atoms with E-state index in [-0.39, 0.29) is 0 Å². The summed E-state index contributed by atoms with van der Waals surface area (Å²) in [4.78, 5) is 13.9. The number of benzene rings is 1. The Bertz CT molecular complexity index is 668. The van der Waals surface area contributed by atoms with Crippen LogP contribution in [0.15, 0.2) is 30.6 Å². The first-order valence-corrected chi connectivity index (χ1v) is 7.64. The number of fused-ring (bicyclic) bond motifs is 2. The zero-order chi connectivity index (χ0) is 14.2. The molecule has 0 fully saturated rings. The molecule has 0 radical (unpaired) electrons. The zero-order valence-corrected chi connectivity index (χ0v) is 12.4. The smallest absolute Gasteiger partial charge is 0.137 e. The minimum Gasteiger partial charge on any atom is -0.352 e. The van der Waals surface area contributed by atoms with Gasteiger partial charge >= 0.3 is 0 Å². The first-order valence-electron chi connectivity index (χ1n) is 7.64. The van der Waals surface area contributed by atoms with E-state index in [1.807, 2.05) is 0 Å². The molecule has 1 aromatic heterocycles. The lowest BCUT2D eigenvalue weighted by molar-refractivity contribution is 0.309. The van der Waals surface area contributed by atoms with E-state index in [0.717, 1.165) is 44.8 Å². The Morgan fingerprint density at radius 2 is 1.81 bits per heavy atom. The molecule has 108 valence electrons. The fourth-order valence-electron chi connectivity index (χ4n) is 3.41. The van der Waals surface area contributed by atoms with Crippen LogP contribution in [0.5, 0.6) is 0 Å². The van der Waals surface area contributed by atoms with E-state index in [0.29, 0.717) is 0 Å². The van der Waals surface area contributed by atoms with Crippen molar-refractivity contribution in [1.29, 1.82) is 0 Å². The molecule has 0 spiro atoms. The lowest BCUT2D eigenvalue weighted by Gasteiger charge is -2.33. The standard InChI is InChI=1S/C17H20N4/c1-20-8-7-16-15(11-20)17(19-12-18-16)21-9-6-13-4-2-3-5-14(13)10-21/h2-5,12H,6-11H2,1H3. The molecule has 4 nitrogen and oxygen atoms in total. The Morgan fingerprint density at radius 1 is 0.952 bits per heavy atom. The van der Waals surface area contributed by atoms with Crippen molar-refractivity contribution in [3.63, 3.8) is 0 Å². The largest absolute Gasteiger partial charge is 0.352 e.